The monoisotopic (exact) mass is 350 g/mol. The summed E-state index contributed by atoms with van der Waals surface area (Å²) in [6.07, 6.45) is 0.224. The molecule has 2 aliphatic heterocycles. The quantitative estimate of drug-likeness (QED) is 0.763. The lowest BCUT2D eigenvalue weighted by Crippen LogP contribution is -2.52. The van der Waals surface area contributed by atoms with E-state index in [1.54, 1.807) is 12.1 Å². The summed E-state index contributed by atoms with van der Waals surface area (Å²) < 4.78 is 15.1. The molecule has 2 atom stereocenters. The number of amides is 1. The van der Waals surface area contributed by atoms with Crippen molar-refractivity contribution in [3.63, 3.8) is 0 Å². The first-order valence-electron chi connectivity index (χ1n) is 8.59. The van der Waals surface area contributed by atoms with Crippen LogP contribution in [0.2, 0.25) is 0 Å². The highest BCUT2D eigenvalue weighted by Crippen LogP contribution is 2.37. The Morgan fingerprint density at radius 2 is 1.92 bits per heavy atom. The second-order valence-electron chi connectivity index (χ2n) is 6.90. The maximum Gasteiger partial charge on any atom is 0.317 e. The normalized spacial score (nSPS) is 28.6. The number of nitrogens with one attached hydrogen (secondary N) is 1. The highest BCUT2D eigenvalue weighted by atomic mass is 19.1. The van der Waals surface area contributed by atoms with E-state index in [1.807, 2.05) is 17.0 Å². The molecule has 1 amide bonds. The minimum atomic E-state index is -1.96. The molecule has 0 radical (unpaired) electrons. The molecule has 6 nitrogen and oxygen atoms in total. The predicted molar refractivity (Wildman–Crippen MR) is 88.7 cm³/mol. The number of carbonyl (C=O) groups is 2. The van der Waals surface area contributed by atoms with Gasteiger partial charge < -0.3 is 15.5 Å². The van der Waals surface area contributed by atoms with Crippen LogP contribution >= 0.6 is 0 Å². The molecule has 2 saturated heterocycles. The molecule has 1 aromatic carbocycles. The molecule has 0 spiro atoms. The van der Waals surface area contributed by atoms with Gasteiger partial charge in [-0.3, -0.25) is 14.5 Å². The van der Waals surface area contributed by atoms with E-state index in [-0.39, 0.29) is 25.3 Å². The molecule has 0 aromatic heterocycles. The first-order chi connectivity index (χ1) is 11.9. The fourth-order valence-corrected chi connectivity index (χ4v) is 3.72. The Morgan fingerprint density at radius 1 is 1.28 bits per heavy atom. The molecular formula is C18H23FN2O4. The van der Waals surface area contributed by atoms with Crippen molar-refractivity contribution in [1.82, 2.24) is 10.2 Å². The Bertz CT molecular complexity index is 643. The average molecular weight is 350 g/mol. The highest BCUT2D eigenvalue weighted by Gasteiger charge is 2.44. The van der Waals surface area contributed by atoms with Crippen molar-refractivity contribution in [3.05, 3.63) is 35.4 Å². The number of aliphatic hydroxyl groups excluding tert-OH is 1. The summed E-state index contributed by atoms with van der Waals surface area (Å²) in [6, 6.07) is 7.11. The zero-order chi connectivity index (χ0) is 18.0. The number of hydrogen-bond donors (Lipinski definition) is 3. The maximum atomic E-state index is 15.1. The van der Waals surface area contributed by atoms with E-state index in [0.29, 0.717) is 11.5 Å². The zero-order valence-electron chi connectivity index (χ0n) is 13.9. The van der Waals surface area contributed by atoms with E-state index >= 15 is 4.39 Å². The fourth-order valence-electron chi connectivity index (χ4n) is 3.72. The highest BCUT2D eigenvalue weighted by molar-refractivity contribution is 5.77. The number of hydrogen-bond acceptors (Lipinski definition) is 4. The second-order valence-corrected chi connectivity index (χ2v) is 6.90. The van der Waals surface area contributed by atoms with Gasteiger partial charge in [-0.15, -0.1) is 0 Å². The lowest BCUT2D eigenvalue weighted by Gasteiger charge is -2.35. The number of halogens is 1. The van der Waals surface area contributed by atoms with Crippen LogP contribution in [0.15, 0.2) is 24.3 Å². The van der Waals surface area contributed by atoms with Crippen molar-refractivity contribution in [2.75, 3.05) is 19.6 Å². The maximum absolute atomic E-state index is 15.1. The van der Waals surface area contributed by atoms with E-state index in [9.17, 15) is 14.7 Å². The molecule has 2 fully saturated rings. The van der Waals surface area contributed by atoms with Crippen LogP contribution in [-0.2, 0) is 15.3 Å². The van der Waals surface area contributed by atoms with Crippen molar-refractivity contribution in [2.45, 2.75) is 43.5 Å². The van der Waals surface area contributed by atoms with Crippen LogP contribution in [0.4, 0.5) is 4.39 Å². The van der Waals surface area contributed by atoms with Crippen LogP contribution in [0.3, 0.4) is 0 Å². The number of piperidine rings is 2. The molecule has 136 valence electrons. The average Bonchev–Trinajstić information content (AvgIpc) is 2.59. The molecule has 2 heterocycles. The summed E-state index contributed by atoms with van der Waals surface area (Å²) in [5.74, 6) is -0.828. The molecule has 2 aliphatic rings. The number of carboxylic acids is 1. The van der Waals surface area contributed by atoms with E-state index in [1.165, 1.54) is 0 Å². The number of nitrogens with zero attached hydrogens (tertiary/aromatic N) is 1. The number of alkyl halides is 1. The van der Waals surface area contributed by atoms with Gasteiger partial charge in [-0.05, 0) is 49.4 Å². The van der Waals surface area contributed by atoms with Crippen molar-refractivity contribution < 1.29 is 24.2 Å². The molecule has 3 N–H and O–H groups in total. The van der Waals surface area contributed by atoms with Crippen molar-refractivity contribution in [3.8, 4) is 0 Å². The second kappa shape index (κ2) is 7.09. The zero-order valence-corrected chi connectivity index (χ0v) is 13.9. The number of aliphatic hydroxyl groups is 1. The lowest BCUT2D eigenvalue weighted by atomic mass is 9.83. The van der Waals surface area contributed by atoms with Crippen LogP contribution < -0.4 is 5.32 Å². The van der Waals surface area contributed by atoms with E-state index in [4.69, 9.17) is 5.11 Å². The van der Waals surface area contributed by atoms with Gasteiger partial charge in [0.1, 0.15) is 0 Å². The number of carboxylic acid groups (broad SMARTS) is 1. The predicted octanol–water partition coefficient (Wildman–Crippen LogP) is 1.34. The van der Waals surface area contributed by atoms with Gasteiger partial charge in [-0.25, -0.2) is 4.39 Å². The van der Waals surface area contributed by atoms with Crippen molar-refractivity contribution in [1.29, 1.82) is 0 Å². The molecule has 7 heteroatoms. The van der Waals surface area contributed by atoms with Gasteiger partial charge in [0.25, 0.3) is 0 Å². The van der Waals surface area contributed by atoms with Crippen LogP contribution in [0.5, 0.6) is 0 Å². The Balaban J connectivity index is 1.65. The third-order valence-electron chi connectivity index (χ3n) is 5.26. The Hall–Kier alpha value is -1.99. The Morgan fingerprint density at radius 3 is 2.48 bits per heavy atom. The summed E-state index contributed by atoms with van der Waals surface area (Å²) in [7, 11) is 0. The van der Waals surface area contributed by atoms with Crippen molar-refractivity contribution in [2.24, 2.45) is 0 Å². The largest absolute Gasteiger partial charge is 0.480 e. The summed E-state index contributed by atoms with van der Waals surface area (Å²) >= 11 is 0. The SMILES string of the molecule is O=C(O)CN1CCC(c2ccc(C3(F)CCC(=O)NC3O)cc2)CC1. The van der Waals surface area contributed by atoms with Crippen LogP contribution in [0.1, 0.15) is 42.7 Å². The van der Waals surface area contributed by atoms with Gasteiger partial charge in [-0.2, -0.15) is 0 Å². The molecule has 0 saturated carbocycles. The van der Waals surface area contributed by atoms with E-state index in [0.717, 1.165) is 31.5 Å². The van der Waals surface area contributed by atoms with Crippen LogP contribution in [0, 0.1) is 0 Å². The van der Waals surface area contributed by atoms with Gasteiger partial charge in [-0.1, -0.05) is 24.3 Å². The summed E-state index contributed by atoms with van der Waals surface area (Å²) in [6.45, 7) is 1.53. The molecule has 3 rings (SSSR count). The smallest absolute Gasteiger partial charge is 0.317 e. The minimum absolute atomic E-state index is 0.0348. The van der Waals surface area contributed by atoms with E-state index < -0.39 is 17.9 Å². The number of aliphatic carboxylic acids is 1. The van der Waals surface area contributed by atoms with Gasteiger partial charge in [0, 0.05) is 6.42 Å². The third-order valence-corrected chi connectivity index (χ3v) is 5.26. The van der Waals surface area contributed by atoms with Crippen LogP contribution in [0.25, 0.3) is 0 Å². The van der Waals surface area contributed by atoms with Gasteiger partial charge in [0.15, 0.2) is 11.9 Å². The Kier molecular flexibility index (Phi) is 5.06. The summed E-state index contributed by atoms with van der Waals surface area (Å²) in [4.78, 5) is 23.9. The number of carbonyl (C=O) groups excluding carboxylic acids is 1. The van der Waals surface area contributed by atoms with Gasteiger partial charge >= 0.3 is 5.97 Å². The lowest BCUT2D eigenvalue weighted by molar-refractivity contribution is -0.139. The number of rotatable bonds is 4. The standard InChI is InChI=1S/C18H23FN2O4/c19-18(8-5-15(22)20-17(18)25)14-3-1-12(2-4-14)13-6-9-21(10-7-13)11-16(23)24/h1-4,13,17,25H,5-11H2,(H,20,22)(H,23,24). The molecule has 25 heavy (non-hydrogen) atoms. The summed E-state index contributed by atoms with van der Waals surface area (Å²) in [5, 5.41) is 21.0. The third kappa shape index (κ3) is 3.82. The molecular weight excluding hydrogens is 327 g/mol. The molecule has 2 unspecified atom stereocenters. The Labute approximate surface area is 145 Å². The van der Waals surface area contributed by atoms with Gasteiger partial charge in [0.2, 0.25) is 5.91 Å². The number of benzene rings is 1. The molecule has 0 aliphatic carbocycles. The van der Waals surface area contributed by atoms with Crippen LogP contribution in [-0.4, -0.2) is 52.9 Å². The fraction of sp³-hybridized carbons (Fsp3) is 0.556. The molecule has 1 aromatic rings. The minimum Gasteiger partial charge on any atom is -0.480 e. The number of likely N-dealkylation sites (tertiary alicyclic amines) is 1. The van der Waals surface area contributed by atoms with E-state index in [2.05, 4.69) is 5.32 Å². The topological polar surface area (TPSA) is 89.9 Å². The van der Waals surface area contributed by atoms with Gasteiger partial charge in [0.05, 0.1) is 6.54 Å². The first-order valence-corrected chi connectivity index (χ1v) is 8.59. The van der Waals surface area contributed by atoms with Crippen molar-refractivity contribution >= 4 is 11.9 Å². The first kappa shape index (κ1) is 17.8. The molecule has 0 bridgehead atoms. The summed E-state index contributed by atoms with van der Waals surface area (Å²) in [5.41, 5.74) is -0.499.